The lowest BCUT2D eigenvalue weighted by Crippen LogP contribution is -2.56. The van der Waals surface area contributed by atoms with Crippen LogP contribution in [0.4, 0.5) is 0 Å². The van der Waals surface area contributed by atoms with Crippen molar-refractivity contribution in [3.05, 3.63) is 11.6 Å². The predicted octanol–water partition coefficient (Wildman–Crippen LogP) is 4.71. The van der Waals surface area contributed by atoms with Crippen molar-refractivity contribution < 1.29 is 29.3 Å². The predicted molar refractivity (Wildman–Crippen MR) is 121 cm³/mol. The second-order valence-corrected chi connectivity index (χ2v) is 12.2. The number of fused-ring (bicyclic) bond motifs is 8. The largest absolute Gasteiger partial charge is 0.481 e. The molecule has 5 rings (SSSR count). The van der Waals surface area contributed by atoms with E-state index in [1.54, 1.807) is 0 Å². The van der Waals surface area contributed by atoms with Crippen LogP contribution in [0.2, 0.25) is 0 Å². The average Bonchev–Trinajstić information content (AvgIpc) is 3.39. The summed E-state index contributed by atoms with van der Waals surface area (Å²) in [6.45, 7) is 9.00. The molecule has 1 saturated heterocycles. The third-order valence-electron chi connectivity index (χ3n) is 11.0. The van der Waals surface area contributed by atoms with E-state index in [1.165, 1.54) is 5.57 Å². The Kier molecular flexibility index (Phi) is 5.17. The van der Waals surface area contributed by atoms with E-state index < -0.39 is 17.9 Å². The van der Waals surface area contributed by atoms with Gasteiger partial charge in [-0.25, -0.2) is 0 Å². The lowest BCUT2D eigenvalue weighted by molar-refractivity contribution is -0.155. The van der Waals surface area contributed by atoms with Crippen molar-refractivity contribution >= 4 is 17.7 Å². The molecular formula is C27H38O6. The molecule has 4 unspecified atom stereocenters. The van der Waals surface area contributed by atoms with Crippen LogP contribution in [0.5, 0.6) is 0 Å². The Morgan fingerprint density at radius 2 is 1.82 bits per heavy atom. The fourth-order valence-electron chi connectivity index (χ4n) is 9.36. The lowest BCUT2D eigenvalue weighted by Gasteiger charge is -2.58. The number of aliphatic carboxylic acids is 2. The summed E-state index contributed by atoms with van der Waals surface area (Å²) in [6.07, 6.45) is 9.06. The Balaban J connectivity index is 1.45. The van der Waals surface area contributed by atoms with E-state index in [1.807, 2.05) is 6.08 Å². The first-order valence-corrected chi connectivity index (χ1v) is 12.9. The number of carbonyl (C=O) groups is 3. The Labute approximate surface area is 196 Å². The molecule has 0 bridgehead atoms. The summed E-state index contributed by atoms with van der Waals surface area (Å²) in [5.41, 5.74) is 1.09. The highest BCUT2D eigenvalue weighted by Crippen LogP contribution is 2.74. The summed E-state index contributed by atoms with van der Waals surface area (Å²) in [5, 5.41) is 18.8. The van der Waals surface area contributed by atoms with Gasteiger partial charge in [-0.05, 0) is 97.0 Å². The molecule has 0 aromatic rings. The number of rotatable bonds is 6. The van der Waals surface area contributed by atoms with Gasteiger partial charge in [0, 0.05) is 6.42 Å². The zero-order valence-corrected chi connectivity index (χ0v) is 20.3. The fraction of sp³-hybridized carbons (Fsp3) is 0.815. The van der Waals surface area contributed by atoms with Crippen molar-refractivity contribution in [3.8, 4) is 0 Å². The first-order valence-electron chi connectivity index (χ1n) is 12.9. The van der Waals surface area contributed by atoms with Crippen LogP contribution >= 0.6 is 0 Å². The second kappa shape index (κ2) is 7.40. The molecular weight excluding hydrogens is 420 g/mol. The molecule has 6 nitrogen and oxygen atoms in total. The quantitative estimate of drug-likeness (QED) is 0.441. The van der Waals surface area contributed by atoms with Gasteiger partial charge in [0.2, 0.25) is 0 Å². The highest BCUT2D eigenvalue weighted by molar-refractivity contribution is 5.93. The minimum atomic E-state index is -1.33. The Morgan fingerprint density at radius 3 is 2.45 bits per heavy atom. The van der Waals surface area contributed by atoms with Gasteiger partial charge >= 0.3 is 11.9 Å². The van der Waals surface area contributed by atoms with Gasteiger partial charge in [-0.15, -0.1) is 0 Å². The number of carbonyl (C=O) groups excluding carboxylic acids is 1. The molecule has 9 atom stereocenters. The van der Waals surface area contributed by atoms with E-state index in [0.29, 0.717) is 30.1 Å². The van der Waals surface area contributed by atoms with Crippen molar-refractivity contribution in [1.29, 1.82) is 0 Å². The first-order chi connectivity index (χ1) is 15.5. The molecule has 33 heavy (non-hydrogen) atoms. The van der Waals surface area contributed by atoms with E-state index in [2.05, 4.69) is 27.7 Å². The van der Waals surface area contributed by atoms with Gasteiger partial charge < -0.3 is 14.9 Å². The third-order valence-corrected chi connectivity index (χ3v) is 11.0. The molecule has 3 saturated carbocycles. The van der Waals surface area contributed by atoms with E-state index in [-0.39, 0.29) is 40.7 Å². The summed E-state index contributed by atoms with van der Waals surface area (Å²) in [5.74, 6) is -1.70. The molecule has 0 aromatic carbocycles. The van der Waals surface area contributed by atoms with Gasteiger partial charge in [0.25, 0.3) is 0 Å². The van der Waals surface area contributed by atoms with Gasteiger partial charge in [-0.2, -0.15) is 0 Å². The fourth-order valence-corrected chi connectivity index (χ4v) is 9.36. The molecule has 0 amide bonds. The van der Waals surface area contributed by atoms with Gasteiger partial charge in [-0.1, -0.05) is 27.7 Å². The monoisotopic (exact) mass is 458 g/mol. The highest BCUT2D eigenvalue weighted by atomic mass is 16.6. The number of carboxylic acid groups (broad SMARTS) is 2. The SMILES string of the molecule is CC[C@]12O[C@H]1C1C3CCC([C@H](C)CC(C(=O)O)C(=O)O)[C@@]3(C)CCC1[C@@]1(C)CCC(=O)C=C12. The van der Waals surface area contributed by atoms with Crippen LogP contribution in [-0.4, -0.2) is 39.6 Å². The van der Waals surface area contributed by atoms with Crippen LogP contribution in [0, 0.1) is 46.3 Å². The van der Waals surface area contributed by atoms with Gasteiger partial charge in [-0.3, -0.25) is 14.4 Å². The minimum Gasteiger partial charge on any atom is -0.481 e. The van der Waals surface area contributed by atoms with Crippen LogP contribution in [0.1, 0.15) is 79.1 Å². The van der Waals surface area contributed by atoms with Crippen LogP contribution in [0.15, 0.2) is 11.6 Å². The van der Waals surface area contributed by atoms with Gasteiger partial charge in [0.1, 0.15) is 5.60 Å². The van der Waals surface area contributed by atoms with Crippen molar-refractivity contribution in [2.24, 2.45) is 46.3 Å². The maximum Gasteiger partial charge on any atom is 0.317 e. The number of epoxide rings is 1. The molecule has 0 radical (unpaired) electrons. The molecule has 0 spiro atoms. The first kappa shape index (κ1) is 23.1. The van der Waals surface area contributed by atoms with Crippen LogP contribution in [0.3, 0.4) is 0 Å². The molecule has 1 heterocycles. The Morgan fingerprint density at radius 1 is 1.12 bits per heavy atom. The molecule has 182 valence electrons. The smallest absolute Gasteiger partial charge is 0.317 e. The minimum absolute atomic E-state index is 0.0182. The lowest BCUT2D eigenvalue weighted by atomic mass is 9.44. The van der Waals surface area contributed by atoms with Gasteiger partial charge in [0.15, 0.2) is 11.7 Å². The van der Waals surface area contributed by atoms with Crippen molar-refractivity contribution in [3.63, 3.8) is 0 Å². The average molecular weight is 459 g/mol. The number of hydrogen-bond acceptors (Lipinski definition) is 4. The van der Waals surface area contributed by atoms with E-state index in [4.69, 9.17) is 4.74 Å². The normalized spacial score (nSPS) is 46.5. The van der Waals surface area contributed by atoms with Crippen LogP contribution in [0.25, 0.3) is 0 Å². The topological polar surface area (TPSA) is 104 Å². The maximum absolute atomic E-state index is 12.4. The van der Waals surface area contributed by atoms with E-state index in [9.17, 15) is 24.6 Å². The Bertz CT molecular complexity index is 910. The Hall–Kier alpha value is -1.69. The number of ketones is 1. The van der Waals surface area contributed by atoms with Crippen LogP contribution < -0.4 is 0 Å². The summed E-state index contributed by atoms with van der Waals surface area (Å²) in [6, 6.07) is 0. The molecule has 0 aromatic heterocycles. The van der Waals surface area contributed by atoms with Crippen LogP contribution in [-0.2, 0) is 19.1 Å². The summed E-state index contributed by atoms with van der Waals surface area (Å²) in [4.78, 5) is 35.4. The molecule has 2 N–H and O–H groups in total. The van der Waals surface area contributed by atoms with Crippen molar-refractivity contribution in [2.45, 2.75) is 90.8 Å². The number of hydrogen-bond donors (Lipinski definition) is 2. The van der Waals surface area contributed by atoms with Gasteiger partial charge in [0.05, 0.1) is 6.10 Å². The maximum atomic E-state index is 12.4. The standard InChI is InChI=1S/C27H38O6/c1-5-27-20-13-15(28)8-10-26(20,4)19-9-11-25(3)17(6-7-18(25)21(19)22(27)33-27)14(2)12-16(23(29)30)24(31)32/h13-14,16-19,21-22H,5-12H2,1-4H3,(H,29,30)(H,31,32)/t14-,17?,18?,19?,21?,22+,25-,26-,27-/m1/s1. The molecule has 1 aliphatic heterocycles. The number of ether oxygens (including phenoxy) is 1. The summed E-state index contributed by atoms with van der Waals surface area (Å²) >= 11 is 0. The van der Waals surface area contributed by atoms with Crippen molar-refractivity contribution in [2.75, 3.05) is 0 Å². The third kappa shape index (κ3) is 3.05. The zero-order valence-electron chi connectivity index (χ0n) is 20.3. The van der Waals surface area contributed by atoms with Crippen molar-refractivity contribution in [1.82, 2.24) is 0 Å². The molecule has 4 aliphatic carbocycles. The van der Waals surface area contributed by atoms with E-state index in [0.717, 1.165) is 38.5 Å². The zero-order chi connectivity index (χ0) is 23.9. The molecule has 6 heteroatoms. The molecule has 4 fully saturated rings. The van der Waals surface area contributed by atoms with E-state index >= 15 is 0 Å². The number of carboxylic acids is 2. The second-order valence-electron chi connectivity index (χ2n) is 12.2. The summed E-state index contributed by atoms with van der Waals surface area (Å²) < 4.78 is 6.57. The molecule has 5 aliphatic rings. The highest BCUT2D eigenvalue weighted by Gasteiger charge is 2.75. The summed E-state index contributed by atoms with van der Waals surface area (Å²) in [7, 11) is 0.